The maximum Gasteiger partial charge on any atom is 0.179 e. The van der Waals surface area contributed by atoms with Crippen LogP contribution in [0.1, 0.15) is 46.5 Å². The maximum absolute atomic E-state index is 9.94. The summed E-state index contributed by atoms with van der Waals surface area (Å²) in [6.45, 7) is 10.3. The summed E-state index contributed by atoms with van der Waals surface area (Å²) in [5.41, 5.74) is -0.234. The van der Waals surface area contributed by atoms with Crippen molar-refractivity contribution >= 4 is 0 Å². The topological polar surface area (TPSA) is 41.5 Å². The maximum atomic E-state index is 9.94. The van der Waals surface area contributed by atoms with Gasteiger partial charge in [-0.2, -0.15) is 0 Å². The molecule has 0 saturated heterocycles. The third-order valence-corrected chi connectivity index (χ3v) is 2.88. The first-order valence-electron chi connectivity index (χ1n) is 6.18. The molecule has 1 fully saturated rings. The lowest BCUT2D eigenvalue weighted by Crippen LogP contribution is -2.34. The highest BCUT2D eigenvalue weighted by Gasteiger charge is 2.23. The second kappa shape index (κ2) is 5.58. The van der Waals surface area contributed by atoms with E-state index >= 15 is 0 Å². The summed E-state index contributed by atoms with van der Waals surface area (Å²) >= 11 is 0. The fourth-order valence-corrected chi connectivity index (χ4v) is 2.13. The summed E-state index contributed by atoms with van der Waals surface area (Å²) in [7, 11) is 0. The number of rotatable bonds is 5. The Bertz CT molecular complexity index is 227. The van der Waals surface area contributed by atoms with Crippen LogP contribution in [0.15, 0.2) is 12.5 Å². The predicted molar refractivity (Wildman–Crippen MR) is 65.9 cm³/mol. The van der Waals surface area contributed by atoms with E-state index in [0.717, 1.165) is 12.8 Å². The van der Waals surface area contributed by atoms with Crippen LogP contribution in [0.25, 0.3) is 0 Å². The van der Waals surface area contributed by atoms with E-state index < -0.39 is 0 Å². The Labute approximate surface area is 98.9 Å². The lowest BCUT2D eigenvalue weighted by atomic mass is 10.0. The first-order chi connectivity index (χ1) is 7.38. The van der Waals surface area contributed by atoms with E-state index in [0.29, 0.717) is 18.3 Å². The second-order valence-corrected chi connectivity index (χ2v) is 5.63. The zero-order valence-corrected chi connectivity index (χ0v) is 10.8. The zero-order valence-electron chi connectivity index (χ0n) is 10.8. The molecule has 0 aliphatic heterocycles. The summed E-state index contributed by atoms with van der Waals surface area (Å²) in [5, 5.41) is 13.0. The molecule has 0 aromatic heterocycles. The van der Waals surface area contributed by atoms with E-state index in [2.05, 4.69) is 11.9 Å². The van der Waals surface area contributed by atoms with E-state index in [9.17, 15) is 5.11 Å². The molecule has 0 spiro atoms. The molecule has 1 aliphatic rings. The lowest BCUT2D eigenvalue weighted by molar-refractivity contribution is 0.0334. The van der Waals surface area contributed by atoms with Gasteiger partial charge in [-0.25, -0.2) is 0 Å². The monoisotopic (exact) mass is 227 g/mol. The molecule has 3 nitrogen and oxygen atoms in total. The van der Waals surface area contributed by atoms with Gasteiger partial charge in [0.05, 0.1) is 6.10 Å². The van der Waals surface area contributed by atoms with Crippen molar-refractivity contribution in [1.29, 1.82) is 0 Å². The molecule has 1 unspecified atom stereocenters. The summed E-state index contributed by atoms with van der Waals surface area (Å²) < 4.78 is 5.53. The Morgan fingerprint density at radius 3 is 2.50 bits per heavy atom. The molecule has 1 rings (SSSR count). The average Bonchev–Trinajstić information content (AvgIpc) is 2.64. The first kappa shape index (κ1) is 13.4. The number of ether oxygens (including phenoxy) is 1. The Balaban J connectivity index is 2.20. The Kier molecular flexibility index (Phi) is 4.66. The van der Waals surface area contributed by atoms with Crippen LogP contribution < -0.4 is 5.32 Å². The van der Waals surface area contributed by atoms with Crippen LogP contribution in [0.3, 0.4) is 0 Å². The molecule has 0 amide bonds. The zero-order chi connectivity index (χ0) is 12.2. The van der Waals surface area contributed by atoms with Crippen molar-refractivity contribution in [1.82, 2.24) is 5.32 Å². The van der Waals surface area contributed by atoms with Crippen LogP contribution >= 0.6 is 0 Å². The molecular formula is C13H25NO2. The van der Waals surface area contributed by atoms with Crippen LogP contribution in [-0.4, -0.2) is 23.4 Å². The van der Waals surface area contributed by atoms with Crippen molar-refractivity contribution in [2.45, 2.75) is 58.2 Å². The molecule has 0 bridgehead atoms. The van der Waals surface area contributed by atoms with E-state index in [1.54, 1.807) is 0 Å². The van der Waals surface area contributed by atoms with Crippen molar-refractivity contribution in [3.8, 4) is 0 Å². The van der Waals surface area contributed by atoms with Gasteiger partial charge in [0.15, 0.2) is 5.88 Å². The Morgan fingerprint density at radius 2 is 2.00 bits per heavy atom. The largest absolute Gasteiger partial charge is 0.474 e. The minimum Gasteiger partial charge on any atom is -0.474 e. The van der Waals surface area contributed by atoms with Gasteiger partial charge in [-0.05, 0) is 46.1 Å². The van der Waals surface area contributed by atoms with Gasteiger partial charge in [-0.3, -0.25) is 0 Å². The first-order valence-corrected chi connectivity index (χ1v) is 6.18. The van der Waals surface area contributed by atoms with E-state index in [4.69, 9.17) is 4.74 Å². The summed E-state index contributed by atoms with van der Waals surface area (Å²) in [5.74, 6) is 1.000. The van der Waals surface area contributed by atoms with Gasteiger partial charge >= 0.3 is 0 Å². The molecule has 1 atom stereocenters. The SMILES string of the molecule is C=C(NCC(O)C1CCCC1)OC(C)(C)C. The molecule has 1 aliphatic carbocycles. The van der Waals surface area contributed by atoms with Crippen LogP contribution in [0.2, 0.25) is 0 Å². The number of aliphatic hydroxyl groups excluding tert-OH is 1. The van der Waals surface area contributed by atoms with Gasteiger partial charge in [0.25, 0.3) is 0 Å². The van der Waals surface area contributed by atoms with Crippen molar-refractivity contribution in [3.05, 3.63) is 12.5 Å². The molecule has 0 radical (unpaired) electrons. The van der Waals surface area contributed by atoms with Crippen molar-refractivity contribution in [2.24, 2.45) is 5.92 Å². The number of hydrogen-bond acceptors (Lipinski definition) is 3. The molecule has 3 heteroatoms. The fourth-order valence-electron chi connectivity index (χ4n) is 2.13. The molecule has 1 saturated carbocycles. The second-order valence-electron chi connectivity index (χ2n) is 5.63. The highest BCUT2D eigenvalue weighted by molar-refractivity contribution is 4.86. The highest BCUT2D eigenvalue weighted by atomic mass is 16.5. The molecule has 0 aromatic rings. The normalized spacial score (nSPS) is 19.5. The van der Waals surface area contributed by atoms with Crippen LogP contribution in [0.5, 0.6) is 0 Å². The van der Waals surface area contributed by atoms with Gasteiger partial charge in [0.1, 0.15) is 5.60 Å². The molecule has 0 heterocycles. The van der Waals surface area contributed by atoms with Gasteiger partial charge in [0.2, 0.25) is 0 Å². The van der Waals surface area contributed by atoms with E-state index in [-0.39, 0.29) is 11.7 Å². The average molecular weight is 227 g/mol. The van der Waals surface area contributed by atoms with Crippen LogP contribution in [-0.2, 0) is 4.74 Å². The van der Waals surface area contributed by atoms with E-state index in [1.165, 1.54) is 12.8 Å². The smallest absolute Gasteiger partial charge is 0.179 e. The summed E-state index contributed by atoms with van der Waals surface area (Å²) in [6, 6.07) is 0. The van der Waals surface area contributed by atoms with Gasteiger partial charge in [-0.15, -0.1) is 0 Å². The van der Waals surface area contributed by atoms with Crippen LogP contribution in [0.4, 0.5) is 0 Å². The fraction of sp³-hybridized carbons (Fsp3) is 0.846. The molecule has 0 aromatic carbocycles. The molecule has 2 N–H and O–H groups in total. The highest BCUT2D eigenvalue weighted by Crippen LogP contribution is 2.27. The third-order valence-electron chi connectivity index (χ3n) is 2.88. The summed E-state index contributed by atoms with van der Waals surface area (Å²) in [4.78, 5) is 0. The number of aliphatic hydroxyl groups is 1. The Morgan fingerprint density at radius 1 is 1.44 bits per heavy atom. The van der Waals surface area contributed by atoms with Crippen molar-refractivity contribution in [2.75, 3.05) is 6.54 Å². The minimum absolute atomic E-state index is 0.234. The molecule has 94 valence electrons. The summed E-state index contributed by atoms with van der Waals surface area (Å²) in [6.07, 6.45) is 4.52. The van der Waals surface area contributed by atoms with Gasteiger partial charge in [0, 0.05) is 6.54 Å². The van der Waals surface area contributed by atoms with E-state index in [1.807, 2.05) is 20.8 Å². The standard InChI is InChI=1S/C13H25NO2/c1-10(16-13(2,3)4)14-9-12(15)11-7-5-6-8-11/h11-12,14-15H,1,5-9H2,2-4H3. The molecular weight excluding hydrogens is 202 g/mol. The number of nitrogens with one attached hydrogen (secondary N) is 1. The van der Waals surface area contributed by atoms with Crippen molar-refractivity contribution < 1.29 is 9.84 Å². The molecule has 16 heavy (non-hydrogen) atoms. The third kappa shape index (κ3) is 4.88. The van der Waals surface area contributed by atoms with Gasteiger partial charge < -0.3 is 15.2 Å². The minimum atomic E-state index is -0.275. The Hall–Kier alpha value is -0.700. The van der Waals surface area contributed by atoms with Crippen molar-refractivity contribution in [3.63, 3.8) is 0 Å². The van der Waals surface area contributed by atoms with Crippen LogP contribution in [0, 0.1) is 5.92 Å². The lowest BCUT2D eigenvalue weighted by Gasteiger charge is -2.25. The quantitative estimate of drug-likeness (QED) is 0.709. The number of hydrogen-bond donors (Lipinski definition) is 2. The predicted octanol–water partition coefficient (Wildman–Crippen LogP) is 2.41. The van der Waals surface area contributed by atoms with Gasteiger partial charge in [-0.1, -0.05) is 12.8 Å².